The van der Waals surface area contributed by atoms with Crippen LogP contribution in [0.15, 0.2) is 54.6 Å². The first-order chi connectivity index (χ1) is 12.8. The van der Waals surface area contributed by atoms with Crippen molar-refractivity contribution in [2.75, 3.05) is 13.1 Å². The SMILES string of the molecule is Oc1ccc(CN2CCc3nnc(CCc4ccccc4)n3CC2)cc1. The van der Waals surface area contributed by atoms with Gasteiger partial charge in [-0.2, -0.15) is 0 Å². The zero-order valence-corrected chi connectivity index (χ0v) is 14.9. The molecule has 2 heterocycles. The predicted octanol–water partition coefficient (Wildman–Crippen LogP) is 2.83. The van der Waals surface area contributed by atoms with Gasteiger partial charge in [0.2, 0.25) is 0 Å². The lowest BCUT2D eigenvalue weighted by Gasteiger charge is -2.19. The van der Waals surface area contributed by atoms with E-state index < -0.39 is 0 Å². The molecule has 5 nitrogen and oxygen atoms in total. The van der Waals surface area contributed by atoms with Crippen LogP contribution in [-0.4, -0.2) is 37.9 Å². The molecule has 1 aromatic heterocycles. The van der Waals surface area contributed by atoms with Gasteiger partial charge in [0.25, 0.3) is 0 Å². The lowest BCUT2D eigenvalue weighted by atomic mass is 10.1. The number of nitrogens with zero attached hydrogens (tertiary/aromatic N) is 4. The Labute approximate surface area is 153 Å². The van der Waals surface area contributed by atoms with Gasteiger partial charge in [-0.3, -0.25) is 4.90 Å². The summed E-state index contributed by atoms with van der Waals surface area (Å²) in [4.78, 5) is 2.45. The van der Waals surface area contributed by atoms with E-state index in [-0.39, 0.29) is 0 Å². The number of phenols is 1. The summed E-state index contributed by atoms with van der Waals surface area (Å²) < 4.78 is 2.31. The second kappa shape index (κ2) is 7.70. The van der Waals surface area contributed by atoms with E-state index in [9.17, 15) is 5.11 Å². The number of rotatable bonds is 5. The molecule has 0 amide bonds. The summed E-state index contributed by atoms with van der Waals surface area (Å²) in [7, 11) is 0. The monoisotopic (exact) mass is 348 g/mol. The molecule has 1 aliphatic heterocycles. The molecule has 134 valence electrons. The molecule has 0 saturated heterocycles. The van der Waals surface area contributed by atoms with Crippen LogP contribution in [-0.2, 0) is 32.4 Å². The second-order valence-electron chi connectivity index (χ2n) is 6.86. The summed E-state index contributed by atoms with van der Waals surface area (Å²) in [6.45, 7) is 3.81. The van der Waals surface area contributed by atoms with Crippen molar-refractivity contribution in [3.8, 4) is 5.75 Å². The molecule has 0 bridgehead atoms. The van der Waals surface area contributed by atoms with Crippen LogP contribution in [0.25, 0.3) is 0 Å². The highest BCUT2D eigenvalue weighted by Gasteiger charge is 2.18. The summed E-state index contributed by atoms with van der Waals surface area (Å²) in [6, 6.07) is 18.0. The van der Waals surface area contributed by atoms with Crippen LogP contribution in [0.1, 0.15) is 22.8 Å². The van der Waals surface area contributed by atoms with E-state index in [1.165, 1.54) is 11.1 Å². The number of hydrogen-bond acceptors (Lipinski definition) is 4. The molecule has 4 rings (SSSR count). The van der Waals surface area contributed by atoms with Crippen LogP contribution in [0.2, 0.25) is 0 Å². The quantitative estimate of drug-likeness (QED) is 0.770. The number of fused-ring (bicyclic) bond motifs is 1. The number of phenolic OH excluding ortho intramolecular Hbond substituents is 1. The predicted molar refractivity (Wildman–Crippen MR) is 101 cm³/mol. The van der Waals surface area contributed by atoms with E-state index in [1.807, 2.05) is 12.1 Å². The topological polar surface area (TPSA) is 54.2 Å². The zero-order valence-electron chi connectivity index (χ0n) is 14.9. The third kappa shape index (κ3) is 3.94. The molecule has 2 aromatic carbocycles. The molecule has 26 heavy (non-hydrogen) atoms. The lowest BCUT2D eigenvalue weighted by Crippen LogP contribution is -2.26. The molecule has 1 N–H and O–H groups in total. The van der Waals surface area contributed by atoms with Crippen LogP contribution in [0.3, 0.4) is 0 Å². The lowest BCUT2D eigenvalue weighted by molar-refractivity contribution is 0.270. The molecule has 0 aliphatic carbocycles. The summed E-state index contributed by atoms with van der Waals surface area (Å²) in [5.74, 6) is 2.51. The van der Waals surface area contributed by atoms with E-state index in [0.717, 1.165) is 57.1 Å². The average Bonchev–Trinajstić information content (AvgIpc) is 2.95. The minimum atomic E-state index is 0.318. The fraction of sp³-hybridized carbons (Fsp3) is 0.333. The number of aromatic hydroxyl groups is 1. The molecule has 0 saturated carbocycles. The van der Waals surface area contributed by atoms with Gasteiger partial charge in [0, 0.05) is 39.0 Å². The maximum absolute atomic E-state index is 9.43. The zero-order chi connectivity index (χ0) is 17.8. The fourth-order valence-electron chi connectivity index (χ4n) is 3.53. The fourth-order valence-corrected chi connectivity index (χ4v) is 3.53. The van der Waals surface area contributed by atoms with E-state index in [1.54, 1.807) is 12.1 Å². The summed E-state index contributed by atoms with van der Waals surface area (Å²) in [5, 5.41) is 18.3. The van der Waals surface area contributed by atoms with Crippen molar-refractivity contribution in [1.82, 2.24) is 19.7 Å². The van der Waals surface area contributed by atoms with Gasteiger partial charge in [0.05, 0.1) is 0 Å². The summed E-state index contributed by atoms with van der Waals surface area (Å²) in [5.41, 5.74) is 2.57. The van der Waals surface area contributed by atoms with Gasteiger partial charge in [-0.1, -0.05) is 42.5 Å². The molecule has 0 unspecified atom stereocenters. The van der Waals surface area contributed by atoms with Crippen LogP contribution < -0.4 is 0 Å². The number of aryl methyl sites for hydroxylation is 2. The summed E-state index contributed by atoms with van der Waals surface area (Å²) in [6.07, 6.45) is 2.85. The van der Waals surface area contributed by atoms with Gasteiger partial charge < -0.3 is 9.67 Å². The highest BCUT2D eigenvalue weighted by Crippen LogP contribution is 2.16. The minimum absolute atomic E-state index is 0.318. The Hall–Kier alpha value is -2.66. The Bertz CT molecular complexity index is 842. The van der Waals surface area contributed by atoms with Gasteiger partial charge in [-0.15, -0.1) is 10.2 Å². The largest absolute Gasteiger partial charge is 0.508 e. The molecule has 0 atom stereocenters. The van der Waals surface area contributed by atoms with Crippen molar-refractivity contribution in [2.45, 2.75) is 32.4 Å². The van der Waals surface area contributed by atoms with Crippen LogP contribution in [0.4, 0.5) is 0 Å². The van der Waals surface area contributed by atoms with Gasteiger partial charge in [0.1, 0.15) is 17.4 Å². The van der Waals surface area contributed by atoms with Gasteiger partial charge in [0.15, 0.2) is 0 Å². The minimum Gasteiger partial charge on any atom is -0.508 e. The molecule has 3 aromatic rings. The Morgan fingerprint density at radius 3 is 2.42 bits per heavy atom. The summed E-state index contributed by atoms with van der Waals surface area (Å²) >= 11 is 0. The molecule has 0 spiro atoms. The second-order valence-corrected chi connectivity index (χ2v) is 6.86. The van der Waals surface area contributed by atoms with E-state index in [2.05, 4.69) is 50.0 Å². The Balaban J connectivity index is 1.38. The molecular formula is C21H24N4O. The van der Waals surface area contributed by atoms with Crippen molar-refractivity contribution >= 4 is 0 Å². The molecule has 0 fully saturated rings. The van der Waals surface area contributed by atoms with Gasteiger partial charge >= 0.3 is 0 Å². The van der Waals surface area contributed by atoms with Gasteiger partial charge in [-0.25, -0.2) is 0 Å². The van der Waals surface area contributed by atoms with E-state index in [0.29, 0.717) is 5.75 Å². The van der Waals surface area contributed by atoms with Gasteiger partial charge in [-0.05, 0) is 29.7 Å². The van der Waals surface area contributed by atoms with Crippen LogP contribution in [0.5, 0.6) is 5.75 Å². The average molecular weight is 348 g/mol. The number of hydrogen-bond donors (Lipinski definition) is 1. The normalized spacial score (nSPS) is 14.8. The number of aromatic nitrogens is 3. The first-order valence-corrected chi connectivity index (χ1v) is 9.23. The highest BCUT2D eigenvalue weighted by atomic mass is 16.3. The van der Waals surface area contributed by atoms with E-state index >= 15 is 0 Å². The molecule has 1 aliphatic rings. The molecule has 5 heteroatoms. The Morgan fingerprint density at radius 2 is 1.62 bits per heavy atom. The molecule has 0 radical (unpaired) electrons. The van der Waals surface area contributed by atoms with Crippen molar-refractivity contribution in [3.63, 3.8) is 0 Å². The first-order valence-electron chi connectivity index (χ1n) is 9.23. The maximum atomic E-state index is 9.43. The number of benzene rings is 2. The van der Waals surface area contributed by atoms with Crippen molar-refractivity contribution in [2.24, 2.45) is 0 Å². The first kappa shape index (κ1) is 16.8. The van der Waals surface area contributed by atoms with Crippen LogP contribution in [0, 0.1) is 0 Å². The smallest absolute Gasteiger partial charge is 0.134 e. The maximum Gasteiger partial charge on any atom is 0.134 e. The third-order valence-corrected chi connectivity index (χ3v) is 5.02. The molecular weight excluding hydrogens is 324 g/mol. The standard InChI is InChI=1S/C21H24N4O/c26-19-9-6-18(7-10-19)16-24-13-12-21-23-22-20(25(21)15-14-24)11-8-17-4-2-1-3-5-17/h1-7,9-10,26H,8,11-16H2. The Morgan fingerprint density at radius 1 is 0.808 bits per heavy atom. The Kier molecular flexibility index (Phi) is 4.97. The van der Waals surface area contributed by atoms with Crippen molar-refractivity contribution in [3.05, 3.63) is 77.4 Å². The van der Waals surface area contributed by atoms with Crippen molar-refractivity contribution in [1.29, 1.82) is 0 Å². The van der Waals surface area contributed by atoms with E-state index in [4.69, 9.17) is 0 Å². The van der Waals surface area contributed by atoms with Crippen molar-refractivity contribution < 1.29 is 5.11 Å². The highest BCUT2D eigenvalue weighted by molar-refractivity contribution is 5.25. The third-order valence-electron chi connectivity index (χ3n) is 5.02. The van der Waals surface area contributed by atoms with Crippen LogP contribution >= 0.6 is 0 Å².